The molecule has 0 aromatic heterocycles. The summed E-state index contributed by atoms with van der Waals surface area (Å²) < 4.78 is 21.8. The summed E-state index contributed by atoms with van der Waals surface area (Å²) >= 11 is 0. The van der Waals surface area contributed by atoms with E-state index < -0.39 is 11.2 Å². The minimum Gasteiger partial charge on any atom is -0.371 e. The molecule has 3 heteroatoms. The smallest absolute Gasteiger partial charge is 0.0949 e. The summed E-state index contributed by atoms with van der Waals surface area (Å²) in [5.41, 5.74) is 9.81. The lowest BCUT2D eigenvalue weighted by Crippen LogP contribution is -2.47. The van der Waals surface area contributed by atoms with Crippen LogP contribution in [-0.4, -0.2) is 11.2 Å². The van der Waals surface area contributed by atoms with Crippen LogP contribution in [0.2, 0.25) is 0 Å². The van der Waals surface area contributed by atoms with Gasteiger partial charge in [0, 0.05) is 0 Å². The second kappa shape index (κ2) is 15.6. The SMILES string of the molecule is CC(C)c1cc(COC(C)(C)C)c(C2(OC3(c4c(COC(C)(C)C)cc(C(C)C)cc4C(C)(C)C)CCCCC3)CCCCC2)c(C(C)(C)C)c1. The Hall–Kier alpha value is -1.68. The summed E-state index contributed by atoms with van der Waals surface area (Å²) in [7, 11) is 0. The molecule has 0 unspecified atom stereocenters. The first-order valence-electron chi connectivity index (χ1n) is 20.7. The summed E-state index contributed by atoms with van der Waals surface area (Å²) in [6.07, 6.45) is 11.5. The van der Waals surface area contributed by atoms with Crippen molar-refractivity contribution in [1.29, 1.82) is 0 Å². The van der Waals surface area contributed by atoms with Gasteiger partial charge in [-0.25, -0.2) is 0 Å². The third kappa shape index (κ3) is 10.3. The third-order valence-corrected chi connectivity index (χ3v) is 11.4. The molecule has 0 N–H and O–H groups in total. The number of hydrogen-bond donors (Lipinski definition) is 0. The molecule has 2 aromatic carbocycles. The maximum atomic E-state index is 8.39. The molecule has 4 rings (SSSR count). The molecule has 0 spiro atoms. The zero-order chi connectivity index (χ0) is 38.2. The van der Waals surface area contributed by atoms with Crippen LogP contribution in [0.3, 0.4) is 0 Å². The minimum absolute atomic E-state index is 0.0502. The Kier molecular flexibility index (Phi) is 12.9. The van der Waals surface area contributed by atoms with Crippen LogP contribution in [0.5, 0.6) is 0 Å². The maximum absolute atomic E-state index is 8.39. The maximum Gasteiger partial charge on any atom is 0.0949 e. The Morgan fingerprint density at radius 2 is 0.804 bits per heavy atom. The highest BCUT2D eigenvalue weighted by Crippen LogP contribution is 2.56. The van der Waals surface area contributed by atoms with Crippen molar-refractivity contribution in [3.8, 4) is 0 Å². The first-order chi connectivity index (χ1) is 23.4. The van der Waals surface area contributed by atoms with Crippen molar-refractivity contribution in [1.82, 2.24) is 0 Å². The highest BCUT2D eigenvalue weighted by atomic mass is 16.5. The predicted octanol–water partition coefficient (Wildman–Crippen LogP) is 14.2. The average molecular weight is 703 g/mol. The van der Waals surface area contributed by atoms with E-state index in [2.05, 4.69) is 135 Å². The summed E-state index contributed by atoms with van der Waals surface area (Å²) in [5, 5.41) is 0. The molecule has 0 heterocycles. The van der Waals surface area contributed by atoms with Crippen molar-refractivity contribution < 1.29 is 14.2 Å². The fourth-order valence-electron chi connectivity index (χ4n) is 8.62. The number of ether oxygens (including phenoxy) is 3. The largest absolute Gasteiger partial charge is 0.371 e. The molecule has 288 valence electrons. The first-order valence-corrected chi connectivity index (χ1v) is 20.7. The van der Waals surface area contributed by atoms with Gasteiger partial charge in [-0.2, -0.15) is 0 Å². The monoisotopic (exact) mass is 703 g/mol. The van der Waals surface area contributed by atoms with Crippen LogP contribution >= 0.6 is 0 Å². The number of benzene rings is 2. The van der Waals surface area contributed by atoms with Gasteiger partial charge >= 0.3 is 0 Å². The highest BCUT2D eigenvalue weighted by molar-refractivity contribution is 5.50. The normalized spacial score (nSPS) is 18.9. The molecular formula is C48H78O3. The van der Waals surface area contributed by atoms with Gasteiger partial charge in [-0.3, -0.25) is 0 Å². The van der Waals surface area contributed by atoms with Gasteiger partial charge in [0.1, 0.15) is 0 Å². The number of hydrogen-bond acceptors (Lipinski definition) is 3. The summed E-state index contributed by atoms with van der Waals surface area (Å²) in [5.74, 6) is 0.862. The van der Waals surface area contributed by atoms with Gasteiger partial charge in [0.2, 0.25) is 0 Å². The molecule has 0 saturated heterocycles. The van der Waals surface area contributed by atoms with Crippen LogP contribution < -0.4 is 0 Å². The van der Waals surface area contributed by atoms with E-state index in [1.807, 2.05) is 0 Å². The fourth-order valence-corrected chi connectivity index (χ4v) is 8.62. The van der Waals surface area contributed by atoms with E-state index in [9.17, 15) is 0 Å². The summed E-state index contributed by atoms with van der Waals surface area (Å²) in [4.78, 5) is 0. The van der Waals surface area contributed by atoms with E-state index in [4.69, 9.17) is 14.2 Å². The van der Waals surface area contributed by atoms with Crippen molar-refractivity contribution in [2.45, 2.75) is 233 Å². The second-order valence-electron chi connectivity index (χ2n) is 21.0. The number of rotatable bonds is 10. The van der Waals surface area contributed by atoms with E-state index in [0.29, 0.717) is 25.0 Å². The van der Waals surface area contributed by atoms with Crippen LogP contribution in [0, 0.1) is 0 Å². The molecule has 2 fully saturated rings. The van der Waals surface area contributed by atoms with E-state index in [1.54, 1.807) is 0 Å². The molecule has 0 radical (unpaired) electrons. The van der Waals surface area contributed by atoms with Crippen molar-refractivity contribution >= 4 is 0 Å². The second-order valence-corrected chi connectivity index (χ2v) is 21.0. The zero-order valence-corrected chi connectivity index (χ0v) is 36.2. The molecule has 0 bridgehead atoms. The van der Waals surface area contributed by atoms with Crippen LogP contribution in [0.25, 0.3) is 0 Å². The quantitative estimate of drug-likeness (QED) is 0.247. The zero-order valence-electron chi connectivity index (χ0n) is 36.2. The van der Waals surface area contributed by atoms with Gasteiger partial charge in [0.25, 0.3) is 0 Å². The summed E-state index contributed by atoms with van der Waals surface area (Å²) in [6.45, 7) is 38.0. The van der Waals surface area contributed by atoms with Crippen LogP contribution in [0.1, 0.15) is 231 Å². The molecule has 2 aliphatic carbocycles. The Bertz CT molecular complexity index is 1340. The minimum atomic E-state index is -0.404. The Labute approximate surface area is 315 Å². The van der Waals surface area contributed by atoms with Crippen molar-refractivity contribution in [2.24, 2.45) is 0 Å². The van der Waals surface area contributed by atoms with Gasteiger partial charge in [-0.1, -0.05) is 132 Å². The van der Waals surface area contributed by atoms with Crippen LogP contribution in [0.4, 0.5) is 0 Å². The fraction of sp³-hybridized carbons (Fsp3) is 0.750. The Morgan fingerprint density at radius 3 is 1.06 bits per heavy atom. The molecular weight excluding hydrogens is 625 g/mol. The lowest BCUT2D eigenvalue weighted by atomic mass is 9.67. The van der Waals surface area contributed by atoms with E-state index in [0.717, 1.165) is 25.7 Å². The molecule has 2 aromatic rings. The van der Waals surface area contributed by atoms with Crippen molar-refractivity contribution in [3.63, 3.8) is 0 Å². The lowest BCUT2D eigenvalue weighted by molar-refractivity contribution is -0.199. The predicted molar refractivity (Wildman–Crippen MR) is 218 cm³/mol. The molecule has 2 saturated carbocycles. The highest BCUT2D eigenvalue weighted by Gasteiger charge is 2.50. The van der Waals surface area contributed by atoms with Gasteiger partial charge in [-0.05, 0) is 134 Å². The van der Waals surface area contributed by atoms with Gasteiger partial charge in [-0.15, -0.1) is 0 Å². The molecule has 0 atom stereocenters. The van der Waals surface area contributed by atoms with Gasteiger partial charge in [0.15, 0.2) is 0 Å². The molecule has 0 amide bonds. The lowest BCUT2D eigenvalue weighted by Gasteiger charge is -2.52. The van der Waals surface area contributed by atoms with Crippen molar-refractivity contribution in [3.05, 3.63) is 68.8 Å². The Balaban J connectivity index is 2.10. The van der Waals surface area contributed by atoms with E-state index >= 15 is 0 Å². The van der Waals surface area contributed by atoms with Gasteiger partial charge < -0.3 is 14.2 Å². The van der Waals surface area contributed by atoms with Crippen LogP contribution in [-0.2, 0) is 49.5 Å². The molecule has 3 nitrogen and oxygen atoms in total. The topological polar surface area (TPSA) is 27.7 Å². The molecule has 0 aliphatic heterocycles. The van der Waals surface area contributed by atoms with E-state index in [1.165, 1.54) is 83.0 Å². The standard InChI is InChI=1S/C48H78O3/c1-33(2)35-27-37(31-49-45(11,12)13)41(39(29-35)43(5,6)7)47(23-19-17-20-24-47)51-48(25-21-18-22-26-48)42-38(32-50-46(14,15)16)28-36(34(3)4)30-40(42)44(8,9)10/h27-30,33-34H,17-26,31-32H2,1-16H3. The van der Waals surface area contributed by atoms with Crippen LogP contribution in [0.15, 0.2) is 24.3 Å². The average Bonchev–Trinajstić information content (AvgIpc) is 3.01. The molecule has 2 aliphatic rings. The summed E-state index contributed by atoms with van der Waals surface area (Å²) in [6, 6.07) is 10.0. The van der Waals surface area contributed by atoms with E-state index in [-0.39, 0.29) is 22.0 Å². The van der Waals surface area contributed by atoms with Crippen molar-refractivity contribution in [2.75, 3.05) is 0 Å². The first kappa shape index (κ1) is 42.1. The third-order valence-electron chi connectivity index (χ3n) is 11.4. The molecule has 51 heavy (non-hydrogen) atoms. The Morgan fingerprint density at radius 1 is 0.490 bits per heavy atom. The van der Waals surface area contributed by atoms with Gasteiger partial charge in [0.05, 0.1) is 35.6 Å².